The summed E-state index contributed by atoms with van der Waals surface area (Å²) in [5.41, 5.74) is 0. The van der Waals surface area contributed by atoms with Gasteiger partial charge < -0.3 is 19.5 Å². The van der Waals surface area contributed by atoms with Gasteiger partial charge in [0.2, 0.25) is 0 Å². The number of ether oxygens (including phenoxy) is 2. The molecule has 1 aliphatic heterocycles. The predicted molar refractivity (Wildman–Crippen MR) is 64.2 cm³/mol. The molecule has 1 fully saturated rings. The van der Waals surface area contributed by atoms with E-state index in [9.17, 15) is 4.79 Å². The smallest absolute Gasteiger partial charge is 0.305 e. The third kappa shape index (κ3) is 6.61. The molecule has 0 aromatic heterocycles. The molecule has 1 heterocycles. The van der Waals surface area contributed by atoms with Gasteiger partial charge in [0.15, 0.2) is 0 Å². The summed E-state index contributed by atoms with van der Waals surface area (Å²) < 4.78 is 10.8. The van der Waals surface area contributed by atoms with Gasteiger partial charge in [-0.05, 0) is 19.8 Å². The summed E-state index contributed by atoms with van der Waals surface area (Å²) in [7, 11) is 0. The summed E-state index contributed by atoms with van der Waals surface area (Å²) in [6.45, 7) is 6.92. The lowest BCUT2D eigenvalue weighted by atomic mass is 10.1. The molecule has 0 spiro atoms. The number of piperidine rings is 1. The first-order valence-electron chi connectivity index (χ1n) is 6.36. The Kier molecular flexibility index (Phi) is 7.16. The van der Waals surface area contributed by atoms with E-state index in [1.165, 1.54) is 0 Å². The van der Waals surface area contributed by atoms with E-state index in [1.54, 1.807) is 0 Å². The van der Waals surface area contributed by atoms with Crippen molar-refractivity contribution in [2.45, 2.75) is 32.3 Å². The van der Waals surface area contributed by atoms with E-state index in [0.29, 0.717) is 6.61 Å². The maximum atomic E-state index is 10.3. The summed E-state index contributed by atoms with van der Waals surface area (Å²) in [4.78, 5) is 12.7. The zero-order valence-corrected chi connectivity index (χ0v) is 10.6. The molecular weight excluding hydrogens is 222 g/mol. The number of rotatable bonds is 8. The first-order valence-corrected chi connectivity index (χ1v) is 6.36. The molecule has 0 aromatic carbocycles. The van der Waals surface area contributed by atoms with Gasteiger partial charge in [0.25, 0.3) is 0 Å². The maximum Gasteiger partial charge on any atom is 0.305 e. The van der Waals surface area contributed by atoms with Crippen LogP contribution in [-0.2, 0) is 14.3 Å². The van der Waals surface area contributed by atoms with Crippen LogP contribution < -0.4 is 0 Å². The third-order valence-electron chi connectivity index (χ3n) is 2.96. The van der Waals surface area contributed by atoms with Crippen LogP contribution in [0.2, 0.25) is 0 Å². The Morgan fingerprint density at radius 2 is 2.06 bits per heavy atom. The lowest BCUT2D eigenvalue weighted by Crippen LogP contribution is -2.39. The first-order chi connectivity index (χ1) is 8.22. The van der Waals surface area contributed by atoms with Crippen molar-refractivity contribution in [1.82, 2.24) is 4.90 Å². The minimum Gasteiger partial charge on any atom is -0.481 e. The summed E-state index contributed by atoms with van der Waals surface area (Å²) in [6, 6.07) is 0. The van der Waals surface area contributed by atoms with E-state index < -0.39 is 5.97 Å². The number of aliphatic carboxylic acids is 1. The Hall–Kier alpha value is -0.650. The van der Waals surface area contributed by atoms with Gasteiger partial charge in [-0.3, -0.25) is 4.79 Å². The highest BCUT2D eigenvalue weighted by Gasteiger charge is 2.19. The molecule has 0 amide bonds. The zero-order chi connectivity index (χ0) is 12.5. The second kappa shape index (κ2) is 8.44. The van der Waals surface area contributed by atoms with Crippen LogP contribution in [-0.4, -0.2) is 61.5 Å². The molecule has 0 bridgehead atoms. The molecule has 0 unspecified atom stereocenters. The van der Waals surface area contributed by atoms with Crippen LogP contribution in [0.25, 0.3) is 0 Å². The van der Waals surface area contributed by atoms with Crippen molar-refractivity contribution in [3.8, 4) is 0 Å². The summed E-state index contributed by atoms with van der Waals surface area (Å²) in [5, 5.41) is 8.50. The lowest BCUT2D eigenvalue weighted by molar-refractivity contribution is -0.138. The fourth-order valence-electron chi connectivity index (χ4n) is 1.95. The van der Waals surface area contributed by atoms with E-state index in [4.69, 9.17) is 14.6 Å². The molecule has 100 valence electrons. The van der Waals surface area contributed by atoms with Crippen LogP contribution in [0, 0.1) is 0 Å². The van der Waals surface area contributed by atoms with Crippen LogP contribution in [0.3, 0.4) is 0 Å². The Morgan fingerprint density at radius 3 is 2.65 bits per heavy atom. The van der Waals surface area contributed by atoms with E-state index >= 15 is 0 Å². The molecule has 0 aromatic rings. The Morgan fingerprint density at radius 1 is 1.35 bits per heavy atom. The van der Waals surface area contributed by atoms with Crippen molar-refractivity contribution in [3.63, 3.8) is 0 Å². The van der Waals surface area contributed by atoms with Crippen molar-refractivity contribution in [1.29, 1.82) is 0 Å². The second-order valence-electron chi connectivity index (χ2n) is 4.25. The topological polar surface area (TPSA) is 59.0 Å². The molecule has 1 N–H and O–H groups in total. The fourth-order valence-corrected chi connectivity index (χ4v) is 1.95. The van der Waals surface area contributed by atoms with E-state index in [-0.39, 0.29) is 12.5 Å². The van der Waals surface area contributed by atoms with Gasteiger partial charge in [0, 0.05) is 26.2 Å². The molecule has 1 aliphatic rings. The highest BCUT2D eigenvalue weighted by atomic mass is 16.5. The number of carboxylic acid groups (broad SMARTS) is 1. The number of hydrogen-bond acceptors (Lipinski definition) is 4. The highest BCUT2D eigenvalue weighted by Crippen LogP contribution is 2.13. The number of hydrogen-bond donors (Lipinski definition) is 1. The summed E-state index contributed by atoms with van der Waals surface area (Å²) in [6.07, 6.45) is 2.32. The van der Waals surface area contributed by atoms with Crippen molar-refractivity contribution >= 4 is 5.97 Å². The van der Waals surface area contributed by atoms with Crippen LogP contribution in [0.4, 0.5) is 0 Å². The zero-order valence-electron chi connectivity index (χ0n) is 10.6. The number of carboxylic acids is 1. The van der Waals surface area contributed by atoms with E-state index in [0.717, 1.165) is 45.7 Å². The molecular formula is C12H23NO4. The standard InChI is InChI=1S/C12H23NO4/c1-2-16-10-8-13-6-3-11(4-7-13)17-9-5-12(14)15/h11H,2-10H2,1H3,(H,14,15). The van der Waals surface area contributed by atoms with Gasteiger partial charge in [-0.15, -0.1) is 0 Å². The van der Waals surface area contributed by atoms with Gasteiger partial charge in [0.05, 0.1) is 25.7 Å². The lowest BCUT2D eigenvalue weighted by Gasteiger charge is -2.31. The average molecular weight is 245 g/mol. The molecule has 0 radical (unpaired) electrons. The first kappa shape index (κ1) is 14.4. The minimum atomic E-state index is -0.792. The normalized spacial score (nSPS) is 18.4. The number of carbonyl (C=O) groups is 1. The molecule has 1 rings (SSSR count). The fraction of sp³-hybridized carbons (Fsp3) is 0.917. The molecule has 5 heteroatoms. The van der Waals surface area contributed by atoms with Gasteiger partial charge in [0.1, 0.15) is 0 Å². The minimum absolute atomic E-state index is 0.102. The second-order valence-corrected chi connectivity index (χ2v) is 4.25. The quantitative estimate of drug-likeness (QED) is 0.646. The molecule has 0 aliphatic carbocycles. The highest BCUT2D eigenvalue weighted by molar-refractivity contribution is 5.66. The number of nitrogens with zero attached hydrogens (tertiary/aromatic N) is 1. The predicted octanol–water partition coefficient (Wildman–Crippen LogP) is 0.979. The van der Waals surface area contributed by atoms with Crippen molar-refractivity contribution in [2.75, 3.05) is 39.5 Å². The van der Waals surface area contributed by atoms with Gasteiger partial charge in [-0.2, -0.15) is 0 Å². The van der Waals surface area contributed by atoms with Gasteiger partial charge in [-0.1, -0.05) is 0 Å². The van der Waals surface area contributed by atoms with E-state index in [2.05, 4.69) is 4.90 Å². The largest absolute Gasteiger partial charge is 0.481 e. The molecule has 1 saturated heterocycles. The van der Waals surface area contributed by atoms with Crippen molar-refractivity contribution < 1.29 is 19.4 Å². The SMILES string of the molecule is CCOCCN1CCC(OCCC(=O)O)CC1. The van der Waals surface area contributed by atoms with Crippen LogP contribution in [0.15, 0.2) is 0 Å². The van der Waals surface area contributed by atoms with Gasteiger partial charge in [-0.25, -0.2) is 0 Å². The summed E-state index contributed by atoms with van der Waals surface area (Å²) in [5.74, 6) is -0.792. The average Bonchev–Trinajstić information content (AvgIpc) is 2.31. The van der Waals surface area contributed by atoms with E-state index in [1.807, 2.05) is 6.92 Å². The van der Waals surface area contributed by atoms with Gasteiger partial charge >= 0.3 is 5.97 Å². The van der Waals surface area contributed by atoms with Crippen molar-refractivity contribution in [2.24, 2.45) is 0 Å². The monoisotopic (exact) mass is 245 g/mol. The molecule has 5 nitrogen and oxygen atoms in total. The van der Waals surface area contributed by atoms with Crippen molar-refractivity contribution in [3.05, 3.63) is 0 Å². The Balaban J connectivity index is 2.03. The molecule has 0 saturated carbocycles. The Bertz CT molecular complexity index is 215. The Labute approximate surface area is 103 Å². The van der Waals surface area contributed by atoms with Crippen LogP contribution >= 0.6 is 0 Å². The van der Waals surface area contributed by atoms with Crippen LogP contribution in [0.5, 0.6) is 0 Å². The molecule has 0 atom stereocenters. The van der Waals surface area contributed by atoms with Crippen LogP contribution in [0.1, 0.15) is 26.2 Å². The third-order valence-corrected chi connectivity index (χ3v) is 2.96. The molecule has 17 heavy (non-hydrogen) atoms. The number of likely N-dealkylation sites (tertiary alicyclic amines) is 1. The maximum absolute atomic E-state index is 10.3. The summed E-state index contributed by atoms with van der Waals surface area (Å²) >= 11 is 0.